The summed E-state index contributed by atoms with van der Waals surface area (Å²) in [5, 5.41) is 8.89. The van der Waals surface area contributed by atoms with Gasteiger partial charge < -0.3 is 19.2 Å². The first kappa shape index (κ1) is 15.1. The molecule has 0 unspecified atom stereocenters. The number of benzene rings is 1. The van der Waals surface area contributed by atoms with E-state index in [2.05, 4.69) is 0 Å². The highest BCUT2D eigenvalue weighted by Gasteiger charge is 2.32. The van der Waals surface area contributed by atoms with Gasteiger partial charge in [0, 0.05) is 6.54 Å². The molecular formula is C17H17NO5. The molecule has 1 saturated heterocycles. The van der Waals surface area contributed by atoms with E-state index in [1.165, 1.54) is 12.1 Å². The zero-order chi connectivity index (χ0) is 16.4. The summed E-state index contributed by atoms with van der Waals surface area (Å²) in [4.78, 5) is 25.2. The van der Waals surface area contributed by atoms with Crippen molar-refractivity contribution >= 4 is 11.9 Å². The SMILES string of the molecule is COc1ccc([C@H]2CCCN2C(=O)c2ccc(C(=O)O)o2)cc1. The van der Waals surface area contributed by atoms with E-state index in [-0.39, 0.29) is 23.5 Å². The number of carbonyl (C=O) groups is 2. The summed E-state index contributed by atoms with van der Waals surface area (Å²) in [6.45, 7) is 0.624. The number of carboxylic acid groups (broad SMARTS) is 1. The van der Waals surface area contributed by atoms with E-state index in [0.29, 0.717) is 6.54 Å². The Bertz CT molecular complexity index is 719. The Kier molecular flexibility index (Phi) is 4.06. The van der Waals surface area contributed by atoms with Crippen molar-refractivity contribution in [2.45, 2.75) is 18.9 Å². The number of hydrogen-bond donors (Lipinski definition) is 1. The Balaban J connectivity index is 1.82. The highest BCUT2D eigenvalue weighted by Crippen LogP contribution is 2.34. The molecule has 1 N–H and O–H groups in total. The smallest absolute Gasteiger partial charge is 0.371 e. The molecular weight excluding hydrogens is 298 g/mol. The Morgan fingerprint density at radius 3 is 2.48 bits per heavy atom. The quantitative estimate of drug-likeness (QED) is 0.938. The van der Waals surface area contributed by atoms with Crippen LogP contribution in [-0.2, 0) is 0 Å². The van der Waals surface area contributed by atoms with Crippen LogP contribution < -0.4 is 4.74 Å². The van der Waals surface area contributed by atoms with E-state index in [0.717, 1.165) is 24.2 Å². The molecule has 2 aromatic rings. The monoisotopic (exact) mass is 315 g/mol. The fourth-order valence-electron chi connectivity index (χ4n) is 2.89. The maximum absolute atomic E-state index is 12.6. The van der Waals surface area contributed by atoms with Crippen LogP contribution in [0.1, 0.15) is 45.6 Å². The summed E-state index contributed by atoms with van der Waals surface area (Å²) in [5.41, 5.74) is 1.03. The third kappa shape index (κ3) is 2.92. The maximum Gasteiger partial charge on any atom is 0.371 e. The van der Waals surface area contributed by atoms with Crippen LogP contribution in [0.3, 0.4) is 0 Å². The molecule has 0 spiro atoms. The van der Waals surface area contributed by atoms with E-state index >= 15 is 0 Å². The van der Waals surface area contributed by atoms with Crippen molar-refractivity contribution < 1.29 is 23.8 Å². The van der Waals surface area contributed by atoms with Crippen molar-refractivity contribution in [2.75, 3.05) is 13.7 Å². The Morgan fingerprint density at radius 1 is 1.17 bits per heavy atom. The number of hydrogen-bond acceptors (Lipinski definition) is 4. The highest BCUT2D eigenvalue weighted by atomic mass is 16.5. The average molecular weight is 315 g/mol. The van der Waals surface area contributed by atoms with Crippen molar-refractivity contribution in [2.24, 2.45) is 0 Å². The van der Waals surface area contributed by atoms with Gasteiger partial charge in [0.2, 0.25) is 5.76 Å². The molecule has 1 aromatic carbocycles. The minimum Gasteiger partial charge on any atom is -0.497 e. The van der Waals surface area contributed by atoms with Crippen LogP contribution in [0, 0.1) is 0 Å². The van der Waals surface area contributed by atoms with Gasteiger partial charge in [0.25, 0.3) is 5.91 Å². The fourth-order valence-corrected chi connectivity index (χ4v) is 2.89. The number of ether oxygens (including phenoxy) is 1. The molecule has 1 atom stereocenters. The molecule has 1 fully saturated rings. The molecule has 1 aliphatic heterocycles. The lowest BCUT2D eigenvalue weighted by molar-refractivity contribution is 0.0645. The van der Waals surface area contributed by atoms with Gasteiger partial charge in [0.05, 0.1) is 13.2 Å². The number of amides is 1. The Labute approximate surface area is 133 Å². The fraction of sp³-hybridized carbons (Fsp3) is 0.294. The normalized spacial score (nSPS) is 17.3. The van der Waals surface area contributed by atoms with Gasteiger partial charge in [0.15, 0.2) is 5.76 Å². The number of carboxylic acids is 1. The average Bonchev–Trinajstić information content (AvgIpc) is 3.23. The largest absolute Gasteiger partial charge is 0.497 e. The second-order valence-electron chi connectivity index (χ2n) is 5.40. The molecule has 1 aliphatic rings. The van der Waals surface area contributed by atoms with Crippen molar-refractivity contribution in [3.05, 3.63) is 53.5 Å². The predicted octanol–water partition coefficient (Wildman–Crippen LogP) is 2.96. The van der Waals surface area contributed by atoms with Gasteiger partial charge in [-0.25, -0.2) is 4.79 Å². The standard InChI is InChI=1S/C17H17NO5/c1-22-12-6-4-11(5-7-12)13-3-2-10-18(13)16(19)14-8-9-15(23-14)17(20)21/h4-9,13H,2-3,10H2,1H3,(H,20,21)/t13-/m1/s1. The lowest BCUT2D eigenvalue weighted by Crippen LogP contribution is -2.30. The Morgan fingerprint density at radius 2 is 1.87 bits per heavy atom. The summed E-state index contributed by atoms with van der Waals surface area (Å²) < 4.78 is 10.3. The summed E-state index contributed by atoms with van der Waals surface area (Å²) in [6, 6.07) is 10.3. The molecule has 0 aliphatic carbocycles. The van der Waals surface area contributed by atoms with Crippen LogP contribution in [0.15, 0.2) is 40.8 Å². The van der Waals surface area contributed by atoms with Gasteiger partial charge >= 0.3 is 5.97 Å². The van der Waals surface area contributed by atoms with Crippen molar-refractivity contribution in [1.29, 1.82) is 0 Å². The van der Waals surface area contributed by atoms with Crippen LogP contribution >= 0.6 is 0 Å². The summed E-state index contributed by atoms with van der Waals surface area (Å²) >= 11 is 0. The zero-order valence-electron chi connectivity index (χ0n) is 12.7. The van der Waals surface area contributed by atoms with E-state index in [4.69, 9.17) is 14.3 Å². The van der Waals surface area contributed by atoms with Crippen molar-refractivity contribution in [3.63, 3.8) is 0 Å². The van der Waals surface area contributed by atoms with Gasteiger partial charge in [-0.05, 0) is 42.7 Å². The number of methoxy groups -OCH3 is 1. The molecule has 0 radical (unpaired) electrons. The van der Waals surface area contributed by atoms with Gasteiger partial charge in [0.1, 0.15) is 5.75 Å². The van der Waals surface area contributed by atoms with Crippen LogP contribution in [0.4, 0.5) is 0 Å². The lowest BCUT2D eigenvalue weighted by Gasteiger charge is -2.24. The molecule has 3 rings (SSSR count). The Hall–Kier alpha value is -2.76. The molecule has 0 bridgehead atoms. The van der Waals surface area contributed by atoms with Crippen LogP contribution in [-0.4, -0.2) is 35.5 Å². The van der Waals surface area contributed by atoms with Crippen molar-refractivity contribution in [3.8, 4) is 5.75 Å². The number of nitrogens with zero attached hydrogens (tertiary/aromatic N) is 1. The second kappa shape index (κ2) is 6.16. The minimum atomic E-state index is -1.18. The molecule has 2 heterocycles. The first-order chi connectivity index (χ1) is 11.1. The number of likely N-dealkylation sites (tertiary alicyclic amines) is 1. The zero-order valence-corrected chi connectivity index (χ0v) is 12.7. The topological polar surface area (TPSA) is 80.0 Å². The van der Waals surface area contributed by atoms with Crippen LogP contribution in [0.2, 0.25) is 0 Å². The summed E-state index contributed by atoms with van der Waals surface area (Å²) in [5.74, 6) is -0.869. The van der Waals surface area contributed by atoms with E-state index < -0.39 is 5.97 Å². The molecule has 1 aromatic heterocycles. The van der Waals surface area contributed by atoms with Crippen LogP contribution in [0.5, 0.6) is 5.75 Å². The molecule has 1 amide bonds. The van der Waals surface area contributed by atoms with Gasteiger partial charge in [-0.3, -0.25) is 4.79 Å². The van der Waals surface area contributed by atoms with Gasteiger partial charge in [-0.15, -0.1) is 0 Å². The number of furan rings is 1. The number of carbonyl (C=O) groups excluding carboxylic acids is 1. The molecule has 23 heavy (non-hydrogen) atoms. The second-order valence-corrected chi connectivity index (χ2v) is 5.40. The van der Waals surface area contributed by atoms with Crippen LogP contribution in [0.25, 0.3) is 0 Å². The molecule has 0 saturated carbocycles. The van der Waals surface area contributed by atoms with E-state index in [9.17, 15) is 9.59 Å². The van der Waals surface area contributed by atoms with Gasteiger partial charge in [-0.1, -0.05) is 12.1 Å². The van der Waals surface area contributed by atoms with Gasteiger partial charge in [-0.2, -0.15) is 0 Å². The third-order valence-corrected chi connectivity index (χ3v) is 4.04. The maximum atomic E-state index is 12.6. The molecule has 120 valence electrons. The third-order valence-electron chi connectivity index (χ3n) is 4.04. The lowest BCUT2D eigenvalue weighted by atomic mass is 10.0. The minimum absolute atomic E-state index is 0.0354. The number of rotatable bonds is 4. The predicted molar refractivity (Wildman–Crippen MR) is 81.7 cm³/mol. The highest BCUT2D eigenvalue weighted by molar-refractivity contribution is 5.94. The molecule has 6 heteroatoms. The molecule has 6 nitrogen and oxygen atoms in total. The summed E-state index contributed by atoms with van der Waals surface area (Å²) in [6.07, 6.45) is 1.76. The number of aromatic carboxylic acids is 1. The van der Waals surface area contributed by atoms with Crippen molar-refractivity contribution in [1.82, 2.24) is 4.90 Å². The first-order valence-electron chi connectivity index (χ1n) is 7.38. The summed E-state index contributed by atoms with van der Waals surface area (Å²) in [7, 11) is 1.61. The van der Waals surface area contributed by atoms with E-state index in [1.807, 2.05) is 24.3 Å². The van der Waals surface area contributed by atoms with E-state index in [1.54, 1.807) is 12.0 Å². The first-order valence-corrected chi connectivity index (χ1v) is 7.38.